The molecule has 1 saturated carbocycles. The predicted molar refractivity (Wildman–Crippen MR) is 67.2 cm³/mol. The van der Waals surface area contributed by atoms with Gasteiger partial charge in [-0.3, -0.25) is 4.79 Å². The molecule has 1 aliphatic rings. The molecule has 1 aliphatic carbocycles. The SMILES string of the molecule is C=C/C(=C(F)\C=C/CC1C(C(=O)O)C1(Cl)Cl)C(F)(F)F. The van der Waals surface area contributed by atoms with Gasteiger partial charge in [0.1, 0.15) is 10.2 Å². The minimum absolute atomic E-state index is 0.0420. The molecular formula is C12H10Cl2F4O2. The average Bonchev–Trinajstić information content (AvgIpc) is 2.79. The second kappa shape index (κ2) is 5.77. The molecule has 0 aromatic heterocycles. The average molecular weight is 333 g/mol. The van der Waals surface area contributed by atoms with E-state index in [0.29, 0.717) is 12.2 Å². The number of carbonyl (C=O) groups is 1. The lowest BCUT2D eigenvalue weighted by atomic mass is 10.2. The first-order chi connectivity index (χ1) is 9.03. The highest BCUT2D eigenvalue weighted by Gasteiger charge is 2.66. The van der Waals surface area contributed by atoms with Crippen molar-refractivity contribution >= 4 is 29.2 Å². The molecule has 1 fully saturated rings. The molecule has 2 nitrogen and oxygen atoms in total. The summed E-state index contributed by atoms with van der Waals surface area (Å²) in [6.45, 7) is 2.89. The van der Waals surface area contributed by atoms with E-state index in [2.05, 4.69) is 6.58 Å². The first kappa shape index (κ1) is 17.0. The molecule has 0 bridgehead atoms. The number of rotatable bonds is 5. The molecule has 0 heterocycles. The first-order valence-electron chi connectivity index (χ1n) is 5.40. The topological polar surface area (TPSA) is 37.3 Å². The number of aliphatic carboxylic acids is 1. The molecule has 1 rings (SSSR count). The highest BCUT2D eigenvalue weighted by atomic mass is 35.5. The van der Waals surface area contributed by atoms with E-state index >= 15 is 0 Å². The molecule has 8 heteroatoms. The monoisotopic (exact) mass is 332 g/mol. The maximum absolute atomic E-state index is 13.3. The number of hydrogen-bond acceptors (Lipinski definition) is 1. The van der Waals surface area contributed by atoms with Gasteiger partial charge in [0, 0.05) is 5.92 Å². The van der Waals surface area contributed by atoms with E-state index in [1.807, 2.05) is 0 Å². The molecule has 2 atom stereocenters. The molecule has 20 heavy (non-hydrogen) atoms. The van der Waals surface area contributed by atoms with E-state index < -0.39 is 39.7 Å². The molecule has 0 aromatic rings. The largest absolute Gasteiger partial charge is 0.481 e. The number of carboxylic acids is 1. The Balaban J connectivity index is 2.74. The second-order valence-electron chi connectivity index (χ2n) is 4.20. The van der Waals surface area contributed by atoms with Crippen LogP contribution < -0.4 is 0 Å². The van der Waals surface area contributed by atoms with E-state index in [4.69, 9.17) is 28.3 Å². The van der Waals surface area contributed by atoms with E-state index in [9.17, 15) is 22.4 Å². The van der Waals surface area contributed by atoms with Gasteiger partial charge < -0.3 is 5.11 Å². The minimum atomic E-state index is -4.85. The lowest BCUT2D eigenvalue weighted by molar-refractivity contribution is -0.138. The molecule has 0 amide bonds. The van der Waals surface area contributed by atoms with Crippen LogP contribution in [0.2, 0.25) is 0 Å². The summed E-state index contributed by atoms with van der Waals surface area (Å²) >= 11 is 11.4. The second-order valence-corrected chi connectivity index (χ2v) is 5.64. The smallest absolute Gasteiger partial charge is 0.419 e. The van der Waals surface area contributed by atoms with E-state index in [-0.39, 0.29) is 6.42 Å². The Morgan fingerprint density at radius 1 is 1.40 bits per heavy atom. The predicted octanol–water partition coefficient (Wildman–Crippen LogP) is 4.41. The fourth-order valence-corrected chi connectivity index (χ4v) is 2.57. The van der Waals surface area contributed by atoms with Crippen molar-refractivity contribution in [3.05, 3.63) is 36.2 Å². The van der Waals surface area contributed by atoms with Crippen molar-refractivity contribution in [1.29, 1.82) is 0 Å². The van der Waals surface area contributed by atoms with Crippen LogP contribution in [0.3, 0.4) is 0 Å². The summed E-state index contributed by atoms with van der Waals surface area (Å²) in [4.78, 5) is 10.7. The van der Waals surface area contributed by atoms with Crippen LogP contribution in [0.25, 0.3) is 0 Å². The van der Waals surface area contributed by atoms with E-state index in [1.165, 1.54) is 0 Å². The van der Waals surface area contributed by atoms with Gasteiger partial charge in [0.25, 0.3) is 0 Å². The fourth-order valence-electron chi connectivity index (χ4n) is 1.78. The molecule has 112 valence electrons. The Morgan fingerprint density at radius 2 is 1.95 bits per heavy atom. The van der Waals surface area contributed by atoms with Crippen LogP contribution in [0.4, 0.5) is 17.6 Å². The Kier molecular flexibility index (Phi) is 4.92. The van der Waals surface area contributed by atoms with Crippen LogP contribution >= 0.6 is 23.2 Å². The molecule has 0 aliphatic heterocycles. The van der Waals surface area contributed by atoms with Gasteiger partial charge in [-0.15, -0.1) is 23.2 Å². The molecule has 0 radical (unpaired) electrons. The van der Waals surface area contributed by atoms with Crippen molar-refractivity contribution < 1.29 is 27.5 Å². The van der Waals surface area contributed by atoms with Gasteiger partial charge >= 0.3 is 12.1 Å². The summed E-state index contributed by atoms with van der Waals surface area (Å²) in [5.41, 5.74) is -1.50. The number of hydrogen-bond donors (Lipinski definition) is 1. The maximum atomic E-state index is 13.3. The molecular weight excluding hydrogens is 323 g/mol. The van der Waals surface area contributed by atoms with Crippen molar-refractivity contribution in [2.45, 2.75) is 16.9 Å². The summed E-state index contributed by atoms with van der Waals surface area (Å²) in [5, 5.41) is 8.76. The molecule has 2 unspecified atom stereocenters. The Labute approximate surface area is 122 Å². The van der Waals surface area contributed by atoms with Gasteiger partial charge in [-0.2, -0.15) is 13.2 Å². The van der Waals surface area contributed by atoms with Crippen LogP contribution in [0.1, 0.15) is 6.42 Å². The summed E-state index contributed by atoms with van der Waals surface area (Å²) in [7, 11) is 0. The number of alkyl halides is 5. The minimum Gasteiger partial charge on any atom is -0.481 e. The van der Waals surface area contributed by atoms with Gasteiger partial charge in [0.15, 0.2) is 0 Å². The molecule has 1 N–H and O–H groups in total. The van der Waals surface area contributed by atoms with Gasteiger partial charge in [-0.1, -0.05) is 18.7 Å². The van der Waals surface area contributed by atoms with Crippen LogP contribution in [0.15, 0.2) is 36.2 Å². The zero-order valence-corrected chi connectivity index (χ0v) is 11.4. The molecule has 0 aromatic carbocycles. The van der Waals surface area contributed by atoms with Crippen molar-refractivity contribution in [2.24, 2.45) is 11.8 Å². The Hall–Kier alpha value is -1.01. The zero-order chi connectivity index (χ0) is 15.7. The molecule has 0 saturated heterocycles. The van der Waals surface area contributed by atoms with Gasteiger partial charge in [-0.05, 0) is 12.5 Å². The summed E-state index contributed by atoms with van der Waals surface area (Å²) in [6, 6.07) is 0. The lowest BCUT2D eigenvalue weighted by Gasteiger charge is -2.06. The van der Waals surface area contributed by atoms with Crippen LogP contribution in [-0.2, 0) is 4.79 Å². The normalized spacial score (nSPS) is 26.3. The van der Waals surface area contributed by atoms with Crippen molar-refractivity contribution in [1.82, 2.24) is 0 Å². The lowest BCUT2D eigenvalue weighted by Crippen LogP contribution is -2.10. The van der Waals surface area contributed by atoms with Crippen LogP contribution in [-0.4, -0.2) is 21.6 Å². The zero-order valence-electron chi connectivity index (χ0n) is 9.92. The van der Waals surface area contributed by atoms with E-state index in [1.54, 1.807) is 0 Å². The molecule has 0 spiro atoms. The van der Waals surface area contributed by atoms with Crippen molar-refractivity contribution in [3.8, 4) is 0 Å². The standard InChI is InChI=1S/C12H10Cl2F4O2/c1-2-6(12(16,17)18)8(15)5-3-4-7-9(10(19)20)11(7,13)14/h2-3,5,7,9H,1,4H2,(H,19,20)/b5-3-,8-6-. The van der Waals surface area contributed by atoms with E-state index in [0.717, 1.165) is 6.08 Å². The summed E-state index contributed by atoms with van der Waals surface area (Å²) in [5.74, 6) is -4.38. The van der Waals surface area contributed by atoms with Gasteiger partial charge in [-0.25, -0.2) is 4.39 Å². The maximum Gasteiger partial charge on any atom is 0.419 e. The summed E-state index contributed by atoms with van der Waals surface area (Å²) in [6.07, 6.45) is -2.85. The first-order valence-corrected chi connectivity index (χ1v) is 6.15. The van der Waals surface area contributed by atoms with Crippen molar-refractivity contribution in [3.63, 3.8) is 0 Å². The Bertz CT molecular complexity index is 480. The van der Waals surface area contributed by atoms with Crippen LogP contribution in [0.5, 0.6) is 0 Å². The Morgan fingerprint density at radius 3 is 2.30 bits per heavy atom. The van der Waals surface area contributed by atoms with Gasteiger partial charge in [0.05, 0.1) is 11.5 Å². The third-order valence-corrected chi connectivity index (χ3v) is 3.92. The third kappa shape index (κ3) is 3.55. The fraction of sp³-hybridized carbons (Fsp3) is 0.417. The quantitative estimate of drug-likeness (QED) is 0.460. The third-order valence-electron chi connectivity index (χ3n) is 2.89. The van der Waals surface area contributed by atoms with Gasteiger partial charge in [0.2, 0.25) is 0 Å². The summed E-state index contributed by atoms with van der Waals surface area (Å²) < 4.78 is 48.8. The highest BCUT2D eigenvalue weighted by Crippen LogP contribution is 2.61. The van der Waals surface area contributed by atoms with Crippen molar-refractivity contribution in [2.75, 3.05) is 0 Å². The number of halogens is 6. The number of carboxylic acid groups (broad SMARTS) is 1. The number of allylic oxidation sites excluding steroid dienone is 5. The highest BCUT2D eigenvalue weighted by molar-refractivity contribution is 6.52. The van der Waals surface area contributed by atoms with Crippen LogP contribution in [0, 0.1) is 11.8 Å².